The van der Waals surface area contributed by atoms with Crippen LogP contribution >= 0.6 is 0 Å². The third-order valence-electron chi connectivity index (χ3n) is 2.31. The SMILES string of the molecule is CCC(=O)c1c(CC)cccc1[N+](=O)[O-]. The molecule has 0 aromatic heterocycles. The van der Waals surface area contributed by atoms with E-state index in [-0.39, 0.29) is 23.5 Å². The minimum absolute atomic E-state index is 0.0822. The van der Waals surface area contributed by atoms with Crippen molar-refractivity contribution in [3.63, 3.8) is 0 Å². The van der Waals surface area contributed by atoms with E-state index >= 15 is 0 Å². The summed E-state index contributed by atoms with van der Waals surface area (Å²) in [6, 6.07) is 4.75. The fourth-order valence-electron chi connectivity index (χ4n) is 1.53. The van der Waals surface area contributed by atoms with E-state index in [0.29, 0.717) is 6.42 Å². The monoisotopic (exact) mass is 207 g/mol. The molecule has 1 aromatic carbocycles. The number of carbonyl (C=O) groups excluding carboxylic acids is 1. The van der Waals surface area contributed by atoms with Crippen LogP contribution in [0.25, 0.3) is 0 Å². The number of benzene rings is 1. The average Bonchev–Trinajstić information content (AvgIpc) is 2.26. The summed E-state index contributed by atoms with van der Waals surface area (Å²) in [4.78, 5) is 21.9. The van der Waals surface area contributed by atoms with Crippen molar-refractivity contribution in [3.8, 4) is 0 Å². The highest BCUT2D eigenvalue weighted by atomic mass is 16.6. The second kappa shape index (κ2) is 4.68. The Morgan fingerprint density at radius 2 is 2.07 bits per heavy atom. The number of nitro groups is 1. The molecule has 4 heteroatoms. The predicted molar refractivity (Wildman–Crippen MR) is 57.1 cm³/mol. The Kier molecular flexibility index (Phi) is 3.55. The number of hydrogen-bond donors (Lipinski definition) is 0. The Morgan fingerprint density at radius 1 is 1.40 bits per heavy atom. The van der Waals surface area contributed by atoms with Gasteiger partial charge in [-0.2, -0.15) is 0 Å². The second-order valence-corrected chi connectivity index (χ2v) is 3.20. The Bertz CT molecular complexity index is 399. The van der Waals surface area contributed by atoms with Crippen LogP contribution in [0.2, 0.25) is 0 Å². The highest BCUT2D eigenvalue weighted by molar-refractivity contribution is 6.01. The smallest absolute Gasteiger partial charge is 0.280 e. The van der Waals surface area contributed by atoms with Gasteiger partial charge in [0.25, 0.3) is 5.69 Å². The van der Waals surface area contributed by atoms with Gasteiger partial charge in [0.1, 0.15) is 0 Å². The molecule has 4 nitrogen and oxygen atoms in total. The van der Waals surface area contributed by atoms with Gasteiger partial charge in [-0.25, -0.2) is 0 Å². The molecule has 0 saturated carbocycles. The van der Waals surface area contributed by atoms with Crippen LogP contribution < -0.4 is 0 Å². The fraction of sp³-hybridized carbons (Fsp3) is 0.364. The molecule has 0 N–H and O–H groups in total. The quantitative estimate of drug-likeness (QED) is 0.433. The van der Waals surface area contributed by atoms with Crippen LogP contribution in [0.5, 0.6) is 0 Å². The number of ketones is 1. The first kappa shape index (κ1) is 11.4. The van der Waals surface area contributed by atoms with Gasteiger partial charge >= 0.3 is 0 Å². The second-order valence-electron chi connectivity index (χ2n) is 3.20. The molecule has 0 aliphatic rings. The molecule has 0 bridgehead atoms. The van der Waals surface area contributed by atoms with Crippen LogP contribution in [0.3, 0.4) is 0 Å². The van der Waals surface area contributed by atoms with E-state index in [1.54, 1.807) is 19.1 Å². The maximum absolute atomic E-state index is 11.6. The van der Waals surface area contributed by atoms with Gasteiger partial charge in [-0.15, -0.1) is 0 Å². The van der Waals surface area contributed by atoms with Crippen molar-refractivity contribution in [2.24, 2.45) is 0 Å². The lowest BCUT2D eigenvalue weighted by atomic mass is 9.98. The molecular formula is C11H13NO3. The summed E-state index contributed by atoms with van der Waals surface area (Å²) in [7, 11) is 0. The molecule has 15 heavy (non-hydrogen) atoms. The summed E-state index contributed by atoms with van der Waals surface area (Å²) in [5, 5.41) is 10.8. The molecule has 0 aliphatic carbocycles. The lowest BCUT2D eigenvalue weighted by Gasteiger charge is -2.05. The summed E-state index contributed by atoms with van der Waals surface area (Å²) in [5.41, 5.74) is 0.935. The van der Waals surface area contributed by atoms with Gasteiger partial charge in [0.2, 0.25) is 0 Å². The van der Waals surface area contributed by atoms with Gasteiger partial charge in [-0.05, 0) is 12.0 Å². The fourth-order valence-corrected chi connectivity index (χ4v) is 1.53. The van der Waals surface area contributed by atoms with Crippen molar-refractivity contribution in [2.75, 3.05) is 0 Å². The number of rotatable bonds is 4. The molecule has 0 heterocycles. The molecule has 0 amide bonds. The molecule has 1 aromatic rings. The average molecular weight is 207 g/mol. The first-order chi connectivity index (χ1) is 7.11. The van der Waals surface area contributed by atoms with Gasteiger partial charge in [-0.1, -0.05) is 26.0 Å². The van der Waals surface area contributed by atoms with Gasteiger partial charge in [0.15, 0.2) is 5.78 Å². The number of nitro benzene ring substituents is 1. The first-order valence-corrected chi connectivity index (χ1v) is 4.91. The summed E-state index contributed by atoms with van der Waals surface area (Å²) in [5.74, 6) is -0.167. The highest BCUT2D eigenvalue weighted by Gasteiger charge is 2.21. The number of nitrogens with zero attached hydrogens (tertiary/aromatic N) is 1. The molecule has 1 rings (SSSR count). The maximum atomic E-state index is 11.6. The van der Waals surface area contributed by atoms with Crippen LogP contribution in [0.4, 0.5) is 5.69 Å². The summed E-state index contributed by atoms with van der Waals surface area (Å²) in [6.45, 7) is 3.59. The Hall–Kier alpha value is -1.71. The summed E-state index contributed by atoms with van der Waals surface area (Å²) in [6.07, 6.45) is 0.917. The van der Waals surface area contributed by atoms with Crippen LogP contribution in [0, 0.1) is 10.1 Å². The lowest BCUT2D eigenvalue weighted by molar-refractivity contribution is -0.385. The Labute approximate surface area is 88.1 Å². The van der Waals surface area contributed by atoms with E-state index in [1.807, 2.05) is 6.92 Å². The number of hydrogen-bond acceptors (Lipinski definition) is 3. The van der Waals surface area contributed by atoms with E-state index in [0.717, 1.165) is 5.56 Å². The third kappa shape index (κ3) is 2.21. The first-order valence-electron chi connectivity index (χ1n) is 4.91. The van der Waals surface area contributed by atoms with Crippen molar-refractivity contribution in [2.45, 2.75) is 26.7 Å². The largest absolute Gasteiger partial charge is 0.294 e. The zero-order valence-electron chi connectivity index (χ0n) is 8.82. The minimum atomic E-state index is -0.498. The number of carbonyl (C=O) groups is 1. The summed E-state index contributed by atoms with van der Waals surface area (Å²) < 4.78 is 0. The zero-order chi connectivity index (χ0) is 11.4. The van der Waals surface area contributed by atoms with E-state index in [9.17, 15) is 14.9 Å². The highest BCUT2D eigenvalue weighted by Crippen LogP contribution is 2.24. The lowest BCUT2D eigenvalue weighted by Crippen LogP contribution is -2.06. The zero-order valence-corrected chi connectivity index (χ0v) is 8.82. The maximum Gasteiger partial charge on any atom is 0.280 e. The van der Waals surface area contributed by atoms with Gasteiger partial charge in [0.05, 0.1) is 10.5 Å². The van der Waals surface area contributed by atoms with Crippen molar-refractivity contribution in [1.82, 2.24) is 0 Å². The minimum Gasteiger partial charge on any atom is -0.294 e. The molecule has 0 radical (unpaired) electrons. The number of aryl methyl sites for hydroxylation is 1. The molecule has 0 unspecified atom stereocenters. The van der Waals surface area contributed by atoms with Gasteiger partial charge < -0.3 is 0 Å². The molecule has 0 aliphatic heterocycles. The van der Waals surface area contributed by atoms with E-state index in [1.165, 1.54) is 6.07 Å². The van der Waals surface area contributed by atoms with Crippen molar-refractivity contribution in [1.29, 1.82) is 0 Å². The molecule has 0 fully saturated rings. The molecule has 0 atom stereocenters. The predicted octanol–water partition coefficient (Wildman–Crippen LogP) is 2.75. The topological polar surface area (TPSA) is 60.2 Å². The van der Waals surface area contributed by atoms with Crippen LogP contribution in [-0.2, 0) is 6.42 Å². The van der Waals surface area contributed by atoms with Gasteiger partial charge in [0, 0.05) is 12.5 Å². The molecule has 80 valence electrons. The molecule has 0 saturated heterocycles. The van der Waals surface area contributed by atoms with E-state index < -0.39 is 4.92 Å². The standard InChI is InChI=1S/C11H13NO3/c1-3-8-6-5-7-9(12(14)15)11(8)10(13)4-2/h5-7H,3-4H2,1-2H3. The normalized spacial score (nSPS) is 10.0. The molecular weight excluding hydrogens is 194 g/mol. The Morgan fingerprint density at radius 3 is 2.53 bits per heavy atom. The van der Waals surface area contributed by atoms with Crippen LogP contribution in [0.1, 0.15) is 36.2 Å². The van der Waals surface area contributed by atoms with Crippen molar-refractivity contribution in [3.05, 3.63) is 39.4 Å². The van der Waals surface area contributed by atoms with Crippen LogP contribution in [-0.4, -0.2) is 10.7 Å². The van der Waals surface area contributed by atoms with E-state index in [4.69, 9.17) is 0 Å². The Balaban J connectivity index is 3.40. The number of Topliss-reactive ketones (excluding diaryl/α,β-unsaturated/α-hetero) is 1. The van der Waals surface area contributed by atoms with Crippen molar-refractivity contribution >= 4 is 11.5 Å². The van der Waals surface area contributed by atoms with Crippen LogP contribution in [0.15, 0.2) is 18.2 Å². The summed E-state index contributed by atoms with van der Waals surface area (Å²) >= 11 is 0. The van der Waals surface area contributed by atoms with E-state index in [2.05, 4.69) is 0 Å². The molecule has 0 spiro atoms. The van der Waals surface area contributed by atoms with Crippen molar-refractivity contribution < 1.29 is 9.72 Å². The van der Waals surface area contributed by atoms with Gasteiger partial charge in [-0.3, -0.25) is 14.9 Å². The third-order valence-corrected chi connectivity index (χ3v) is 2.31.